The van der Waals surface area contributed by atoms with Gasteiger partial charge in [-0.1, -0.05) is 18.2 Å². The van der Waals surface area contributed by atoms with Crippen molar-refractivity contribution in [2.75, 3.05) is 11.9 Å². The van der Waals surface area contributed by atoms with E-state index in [0.717, 1.165) is 19.2 Å². The highest BCUT2D eigenvalue weighted by Crippen LogP contribution is 2.43. The van der Waals surface area contributed by atoms with E-state index < -0.39 is 48.5 Å². The topological polar surface area (TPSA) is 120 Å². The molecule has 1 aliphatic rings. The van der Waals surface area contributed by atoms with Gasteiger partial charge < -0.3 is 19.9 Å². The van der Waals surface area contributed by atoms with Crippen LogP contribution < -0.4 is 11.0 Å². The van der Waals surface area contributed by atoms with Crippen molar-refractivity contribution in [3.63, 3.8) is 0 Å². The van der Waals surface area contributed by atoms with Gasteiger partial charge in [-0.3, -0.25) is 14.2 Å². The fourth-order valence-corrected chi connectivity index (χ4v) is 2.88. The summed E-state index contributed by atoms with van der Waals surface area (Å²) in [7, 11) is 0. The number of halogens is 2. The molecule has 0 spiro atoms. The fourth-order valence-electron chi connectivity index (χ4n) is 2.88. The number of aliphatic hydroxyl groups is 1. The third kappa shape index (κ3) is 4.15. The number of anilines is 1. The minimum absolute atomic E-state index is 0.142. The summed E-state index contributed by atoms with van der Waals surface area (Å²) >= 11 is 0. The first kappa shape index (κ1) is 20.6. The van der Waals surface area contributed by atoms with Crippen LogP contribution >= 0.6 is 0 Å². The lowest BCUT2D eigenvalue weighted by Crippen LogP contribution is -2.44. The summed E-state index contributed by atoms with van der Waals surface area (Å²) in [5.41, 5.74) is -0.806. The Morgan fingerprint density at radius 2 is 2.00 bits per heavy atom. The molecule has 1 aliphatic heterocycles. The Bertz CT molecular complexity index is 966. The summed E-state index contributed by atoms with van der Waals surface area (Å²) in [6.45, 7) is 0.0905. The minimum atomic E-state index is -3.81. The molecule has 9 nitrogen and oxygen atoms in total. The molecule has 2 aromatic rings. The molecule has 2 N–H and O–H groups in total. The number of carbonyl (C=O) groups is 2. The molecule has 2 heterocycles. The van der Waals surface area contributed by atoms with Crippen molar-refractivity contribution in [3.05, 3.63) is 58.6 Å². The van der Waals surface area contributed by atoms with E-state index in [2.05, 4.69) is 15.0 Å². The number of benzene rings is 1. The van der Waals surface area contributed by atoms with Crippen LogP contribution in [0, 0.1) is 0 Å². The van der Waals surface area contributed by atoms with Gasteiger partial charge in [0.25, 0.3) is 5.91 Å². The molecule has 1 aromatic carbocycles. The summed E-state index contributed by atoms with van der Waals surface area (Å²) in [5, 5.41) is 11.7. The number of ether oxygens (including phenoxy) is 2. The molecular weight excluding hydrogens is 392 g/mol. The van der Waals surface area contributed by atoms with Crippen LogP contribution in [0.3, 0.4) is 0 Å². The van der Waals surface area contributed by atoms with Crippen molar-refractivity contribution in [2.24, 2.45) is 0 Å². The highest BCUT2D eigenvalue weighted by atomic mass is 19.3. The normalized spacial score (nSPS) is 22.8. The Labute approximate surface area is 162 Å². The average Bonchev–Trinajstić information content (AvgIpc) is 2.92. The molecule has 1 aromatic heterocycles. The summed E-state index contributed by atoms with van der Waals surface area (Å²) in [5.74, 6) is -5.47. The lowest BCUT2D eigenvalue weighted by atomic mass is 10.1. The zero-order valence-corrected chi connectivity index (χ0v) is 15.1. The molecule has 3 rings (SSSR count). The molecule has 3 unspecified atom stereocenters. The van der Waals surface area contributed by atoms with Gasteiger partial charge in [0, 0.05) is 18.7 Å². The Hall–Kier alpha value is -3.18. The quantitative estimate of drug-likeness (QED) is 0.706. The van der Waals surface area contributed by atoms with Crippen LogP contribution in [0.2, 0.25) is 0 Å². The number of rotatable bonds is 5. The van der Waals surface area contributed by atoms with Crippen LogP contribution in [0.25, 0.3) is 0 Å². The number of alkyl halides is 2. The van der Waals surface area contributed by atoms with Crippen molar-refractivity contribution in [1.29, 1.82) is 0 Å². The number of hydrogen-bond donors (Lipinski definition) is 2. The van der Waals surface area contributed by atoms with E-state index in [1.165, 1.54) is 0 Å². The number of nitrogens with one attached hydrogen (secondary N) is 1. The molecule has 11 heteroatoms. The maximum atomic E-state index is 14.7. The van der Waals surface area contributed by atoms with E-state index >= 15 is 0 Å². The molecule has 0 radical (unpaired) electrons. The molecule has 1 saturated heterocycles. The first-order valence-corrected chi connectivity index (χ1v) is 8.51. The van der Waals surface area contributed by atoms with Crippen LogP contribution in [-0.2, 0) is 14.3 Å². The number of esters is 1. The van der Waals surface area contributed by atoms with E-state index in [1.807, 2.05) is 0 Å². The number of aliphatic hydroxyl groups excluding tert-OH is 1. The number of carbonyl (C=O) groups excluding carboxylic acids is 2. The van der Waals surface area contributed by atoms with Gasteiger partial charge in [-0.15, -0.1) is 0 Å². The van der Waals surface area contributed by atoms with Gasteiger partial charge in [-0.05, 0) is 18.2 Å². The Balaban J connectivity index is 1.84. The minimum Gasteiger partial charge on any atom is -0.453 e. The van der Waals surface area contributed by atoms with Gasteiger partial charge in [0.05, 0.1) is 6.61 Å². The van der Waals surface area contributed by atoms with Gasteiger partial charge in [0.1, 0.15) is 11.9 Å². The lowest BCUT2D eigenvalue weighted by Gasteiger charge is -2.23. The summed E-state index contributed by atoms with van der Waals surface area (Å²) in [4.78, 5) is 39.1. The largest absolute Gasteiger partial charge is 0.453 e. The monoisotopic (exact) mass is 409 g/mol. The molecule has 154 valence electrons. The van der Waals surface area contributed by atoms with Crippen LogP contribution in [0.15, 0.2) is 47.4 Å². The third-order valence-electron chi connectivity index (χ3n) is 4.18. The number of nitrogens with zero attached hydrogens (tertiary/aromatic N) is 2. The van der Waals surface area contributed by atoms with Crippen molar-refractivity contribution < 1.29 is 33.0 Å². The fraction of sp³-hybridized carbons (Fsp3) is 0.333. The first-order chi connectivity index (χ1) is 13.7. The highest BCUT2D eigenvalue weighted by molar-refractivity contribution is 6.03. The average molecular weight is 409 g/mol. The number of amides is 1. The molecule has 0 bridgehead atoms. The van der Waals surface area contributed by atoms with E-state index in [1.54, 1.807) is 30.3 Å². The summed E-state index contributed by atoms with van der Waals surface area (Å²) in [6, 6.07) is 9.27. The standard InChI is InChI=1S/C18H17F2N3O6/c1-10(25)28-14-12(9-24)29-16(18(14,19)20)23-8-7-13(22-17(23)27)21-15(26)11-5-3-2-4-6-11/h2-8,12,14,16,24H,9H2,1H3,(H,21,22,26,27). The van der Waals surface area contributed by atoms with Crippen LogP contribution in [-0.4, -0.2) is 51.3 Å². The summed E-state index contributed by atoms with van der Waals surface area (Å²) in [6.07, 6.45) is -4.77. The smallest absolute Gasteiger partial charge is 0.351 e. The molecule has 0 aliphatic carbocycles. The third-order valence-corrected chi connectivity index (χ3v) is 4.18. The molecule has 1 amide bonds. The Morgan fingerprint density at radius 1 is 1.31 bits per heavy atom. The van der Waals surface area contributed by atoms with E-state index in [-0.39, 0.29) is 5.82 Å². The van der Waals surface area contributed by atoms with E-state index in [0.29, 0.717) is 10.1 Å². The van der Waals surface area contributed by atoms with Crippen molar-refractivity contribution >= 4 is 17.7 Å². The second kappa shape index (κ2) is 8.05. The van der Waals surface area contributed by atoms with Crippen LogP contribution in [0.4, 0.5) is 14.6 Å². The zero-order chi connectivity index (χ0) is 21.2. The van der Waals surface area contributed by atoms with Gasteiger partial charge in [-0.25, -0.2) is 4.79 Å². The van der Waals surface area contributed by atoms with Gasteiger partial charge in [-0.2, -0.15) is 13.8 Å². The first-order valence-electron chi connectivity index (χ1n) is 8.51. The second-order valence-corrected chi connectivity index (χ2v) is 6.24. The molecular formula is C18H17F2N3O6. The summed E-state index contributed by atoms with van der Waals surface area (Å²) < 4.78 is 39.5. The second-order valence-electron chi connectivity index (χ2n) is 6.24. The maximum Gasteiger partial charge on any atom is 0.351 e. The molecule has 3 atom stereocenters. The highest BCUT2D eigenvalue weighted by Gasteiger charge is 2.62. The predicted molar refractivity (Wildman–Crippen MR) is 94.4 cm³/mol. The molecule has 0 saturated carbocycles. The maximum absolute atomic E-state index is 14.7. The van der Waals surface area contributed by atoms with Gasteiger partial charge >= 0.3 is 17.6 Å². The van der Waals surface area contributed by atoms with E-state index in [4.69, 9.17) is 4.74 Å². The van der Waals surface area contributed by atoms with Gasteiger partial charge in [0.2, 0.25) is 6.23 Å². The van der Waals surface area contributed by atoms with Gasteiger partial charge in [0.15, 0.2) is 6.10 Å². The van der Waals surface area contributed by atoms with Crippen LogP contribution in [0.1, 0.15) is 23.5 Å². The Kier molecular flexibility index (Phi) is 5.71. The van der Waals surface area contributed by atoms with E-state index in [9.17, 15) is 28.3 Å². The van der Waals surface area contributed by atoms with Crippen LogP contribution in [0.5, 0.6) is 0 Å². The SMILES string of the molecule is CC(=O)OC1C(CO)OC(n2ccc(NC(=O)c3ccccc3)nc2=O)C1(F)F. The lowest BCUT2D eigenvalue weighted by molar-refractivity contribution is -0.174. The zero-order valence-electron chi connectivity index (χ0n) is 15.1. The van der Waals surface area contributed by atoms with Crippen molar-refractivity contribution in [2.45, 2.75) is 31.3 Å². The molecule has 1 fully saturated rings. The van der Waals surface area contributed by atoms with Crippen molar-refractivity contribution in [3.8, 4) is 0 Å². The number of aromatic nitrogens is 2. The number of hydrogen-bond acceptors (Lipinski definition) is 7. The Morgan fingerprint density at radius 3 is 2.59 bits per heavy atom. The molecule has 29 heavy (non-hydrogen) atoms. The predicted octanol–water partition coefficient (Wildman–Crippen LogP) is 0.952. The van der Waals surface area contributed by atoms with Crippen molar-refractivity contribution in [1.82, 2.24) is 9.55 Å².